The van der Waals surface area contributed by atoms with E-state index in [9.17, 15) is 9.90 Å². The van der Waals surface area contributed by atoms with E-state index in [4.69, 9.17) is 9.40 Å². The van der Waals surface area contributed by atoms with Gasteiger partial charge in [-0.1, -0.05) is 117 Å². The number of aryl methyl sites for hydroxylation is 1. The van der Waals surface area contributed by atoms with Crippen molar-refractivity contribution in [2.24, 2.45) is 16.7 Å². The third-order valence-electron chi connectivity index (χ3n) is 11.1. The minimum absolute atomic E-state index is 0. The fraction of sp³-hybridized carbons (Fsp3) is 0.447. The first-order valence-corrected chi connectivity index (χ1v) is 18.9. The van der Waals surface area contributed by atoms with Crippen molar-refractivity contribution in [1.29, 1.82) is 0 Å². The van der Waals surface area contributed by atoms with Gasteiger partial charge in [0, 0.05) is 59.9 Å². The zero-order valence-electron chi connectivity index (χ0n) is 33.6. The number of aliphatic hydroxyl groups is 1. The van der Waals surface area contributed by atoms with E-state index in [-0.39, 0.29) is 47.9 Å². The van der Waals surface area contributed by atoms with Crippen LogP contribution in [0.25, 0.3) is 44.1 Å². The van der Waals surface area contributed by atoms with Crippen LogP contribution in [0.2, 0.25) is 0 Å². The van der Waals surface area contributed by atoms with Crippen LogP contribution in [-0.2, 0) is 36.7 Å². The van der Waals surface area contributed by atoms with Gasteiger partial charge >= 0.3 is 0 Å². The summed E-state index contributed by atoms with van der Waals surface area (Å²) in [5.41, 5.74) is 7.24. The molecule has 0 amide bonds. The van der Waals surface area contributed by atoms with E-state index in [1.54, 1.807) is 0 Å². The van der Waals surface area contributed by atoms with Gasteiger partial charge in [-0.3, -0.25) is 9.78 Å². The number of hydrogen-bond donors (Lipinski definition) is 1. The molecule has 2 heterocycles. The molecule has 4 nitrogen and oxygen atoms in total. The third kappa shape index (κ3) is 9.52. The molecule has 0 unspecified atom stereocenters. The van der Waals surface area contributed by atoms with Crippen molar-refractivity contribution < 1.29 is 34.4 Å². The van der Waals surface area contributed by atoms with Crippen LogP contribution >= 0.6 is 0 Å². The molecule has 0 saturated heterocycles. The molecule has 1 N–H and O–H groups in total. The average Bonchev–Trinajstić information content (AvgIpc) is 3.44. The first-order valence-electron chi connectivity index (χ1n) is 18.9. The number of nitrogens with zero attached hydrogens (tertiary/aromatic N) is 1. The van der Waals surface area contributed by atoms with Crippen LogP contribution in [0.5, 0.6) is 0 Å². The van der Waals surface area contributed by atoms with Crippen LogP contribution in [0.1, 0.15) is 119 Å². The largest absolute Gasteiger partial charge is 0.512 e. The summed E-state index contributed by atoms with van der Waals surface area (Å²) in [5.74, 6) is 1.84. The maximum Gasteiger partial charge on any atom is 0.164 e. The average molecular weight is 879 g/mol. The molecule has 0 aliphatic rings. The summed E-state index contributed by atoms with van der Waals surface area (Å²) >= 11 is 0. The Morgan fingerprint density at radius 1 is 0.865 bits per heavy atom. The Morgan fingerprint density at radius 2 is 1.50 bits per heavy atom. The number of carbonyl (C=O) groups excluding carboxylic acids is 1. The second-order valence-electron chi connectivity index (χ2n) is 16.2. The van der Waals surface area contributed by atoms with E-state index in [1.165, 1.54) is 28.0 Å². The summed E-state index contributed by atoms with van der Waals surface area (Å²) in [7, 11) is 0. The van der Waals surface area contributed by atoms with E-state index in [0.29, 0.717) is 5.92 Å². The molecule has 0 aliphatic carbocycles. The van der Waals surface area contributed by atoms with E-state index in [0.717, 1.165) is 71.2 Å². The predicted molar refractivity (Wildman–Crippen MR) is 216 cm³/mol. The molecule has 0 spiro atoms. The number of rotatable bonds is 11. The van der Waals surface area contributed by atoms with Crippen LogP contribution in [0, 0.1) is 29.7 Å². The number of fused-ring (bicyclic) bond motifs is 2. The van der Waals surface area contributed by atoms with Crippen LogP contribution in [0.15, 0.2) is 83.1 Å². The van der Waals surface area contributed by atoms with Gasteiger partial charge < -0.3 is 9.52 Å². The Hall–Kier alpha value is -3.53. The maximum atomic E-state index is 12.2. The second-order valence-corrected chi connectivity index (χ2v) is 16.2. The molecule has 5 heteroatoms. The molecule has 2 aromatic heterocycles. The Balaban J connectivity index is 0.000000347. The Morgan fingerprint density at radius 3 is 2.10 bits per heavy atom. The number of aliphatic hydroxyl groups excluding tert-OH is 1. The molecule has 0 atom stereocenters. The Labute approximate surface area is 326 Å². The Kier molecular flexibility index (Phi) is 14.5. The molecule has 3 aromatic carbocycles. The van der Waals surface area contributed by atoms with Crippen LogP contribution in [0.4, 0.5) is 0 Å². The second kappa shape index (κ2) is 17.5. The van der Waals surface area contributed by atoms with Crippen LogP contribution < -0.4 is 0 Å². The van der Waals surface area contributed by atoms with Crippen molar-refractivity contribution in [1.82, 2.24) is 4.98 Å². The monoisotopic (exact) mass is 879 g/mol. The number of ketones is 1. The zero-order chi connectivity index (χ0) is 37.7. The van der Waals surface area contributed by atoms with Gasteiger partial charge in [0.1, 0.15) is 17.1 Å². The smallest absolute Gasteiger partial charge is 0.164 e. The first kappa shape index (κ1) is 42.9. The molecular weight excluding hydrogens is 819 g/mol. The SMILES string of the molecule is CCC(C)(CC)C(=O)/C=C(\O)C(C)(CC)CC.Cc1oc2ccc(CC(C)C)cc2c1-c1ccnc(-c2[c-]c3ccccc3c(C(C)(C)C)c2)c1.[Ir]. The van der Waals surface area contributed by atoms with E-state index in [1.807, 2.05) is 47.7 Å². The number of aromatic nitrogens is 1. The molecule has 5 rings (SSSR count). The molecule has 0 aliphatic heterocycles. The topological polar surface area (TPSA) is 63.3 Å². The van der Waals surface area contributed by atoms with Gasteiger partial charge in [0.25, 0.3) is 0 Å². The molecule has 5 aromatic rings. The summed E-state index contributed by atoms with van der Waals surface area (Å²) < 4.78 is 6.15. The summed E-state index contributed by atoms with van der Waals surface area (Å²) in [6.07, 6.45) is 7.72. The van der Waals surface area contributed by atoms with Crippen molar-refractivity contribution in [2.75, 3.05) is 0 Å². The molecule has 52 heavy (non-hydrogen) atoms. The minimum Gasteiger partial charge on any atom is -0.512 e. The number of allylic oxidation sites excluding steroid dienone is 2. The molecule has 1 radical (unpaired) electrons. The normalized spacial score (nSPS) is 12.5. The summed E-state index contributed by atoms with van der Waals surface area (Å²) in [6, 6.07) is 25.2. The summed E-state index contributed by atoms with van der Waals surface area (Å²) in [5, 5.41) is 13.7. The van der Waals surface area contributed by atoms with Crippen molar-refractivity contribution in [3.63, 3.8) is 0 Å². The molecule has 0 fully saturated rings. The fourth-order valence-electron chi connectivity index (χ4n) is 6.63. The van der Waals surface area contributed by atoms with Gasteiger partial charge in [-0.2, -0.15) is 0 Å². The third-order valence-corrected chi connectivity index (χ3v) is 11.1. The maximum absolute atomic E-state index is 12.2. The van der Waals surface area contributed by atoms with Crippen LogP contribution in [-0.4, -0.2) is 15.9 Å². The van der Waals surface area contributed by atoms with Gasteiger partial charge in [-0.15, -0.1) is 29.1 Å². The van der Waals surface area contributed by atoms with Crippen molar-refractivity contribution in [3.8, 4) is 22.4 Å². The zero-order valence-corrected chi connectivity index (χ0v) is 36.0. The van der Waals surface area contributed by atoms with Crippen molar-refractivity contribution >= 4 is 27.5 Å². The minimum atomic E-state index is -0.337. The van der Waals surface area contributed by atoms with E-state index >= 15 is 0 Å². The van der Waals surface area contributed by atoms with Gasteiger partial charge in [0.15, 0.2) is 5.78 Å². The van der Waals surface area contributed by atoms with Crippen molar-refractivity contribution in [2.45, 2.75) is 121 Å². The van der Waals surface area contributed by atoms with Crippen molar-refractivity contribution in [3.05, 3.63) is 102 Å². The number of carbonyl (C=O) groups is 1. The first-order chi connectivity index (χ1) is 24.0. The van der Waals surface area contributed by atoms with Gasteiger partial charge in [-0.05, 0) is 79.7 Å². The molecular formula is C47H60IrNO3-. The Bertz CT molecular complexity index is 2000. The van der Waals surface area contributed by atoms with Crippen LogP contribution in [0.3, 0.4) is 0 Å². The number of benzene rings is 3. The molecule has 0 bridgehead atoms. The van der Waals surface area contributed by atoms with E-state index in [2.05, 4.69) is 108 Å². The van der Waals surface area contributed by atoms with Gasteiger partial charge in [0.05, 0.1) is 0 Å². The van der Waals surface area contributed by atoms with Gasteiger partial charge in [-0.25, -0.2) is 0 Å². The fourth-order valence-corrected chi connectivity index (χ4v) is 6.63. The van der Waals surface area contributed by atoms with Gasteiger partial charge in [0.2, 0.25) is 0 Å². The number of pyridine rings is 1. The number of furan rings is 1. The quantitative estimate of drug-likeness (QED) is 0.0816. The predicted octanol–water partition coefficient (Wildman–Crippen LogP) is 13.6. The molecule has 0 saturated carbocycles. The van der Waals surface area contributed by atoms with E-state index < -0.39 is 0 Å². The molecule has 281 valence electrons. The summed E-state index contributed by atoms with van der Waals surface area (Å²) in [6.45, 7) is 25.4. The number of hydrogen-bond acceptors (Lipinski definition) is 4. The summed E-state index contributed by atoms with van der Waals surface area (Å²) in [4.78, 5) is 16.9. The standard InChI is InChI=1S/C32H32NO.C15H28O2.Ir/c1-20(2)15-22-11-12-30-27(16-22)31(21(3)34-30)24-13-14-33-29(19-24)25-17-23-9-7-8-10-26(23)28(18-25)32(4,5)6;1-7-14(5,8-2)12(16)11-13(17)15(6,9-3)10-4;/h7-14,16,18-20H,15H2,1-6H3;11,16H,7-10H2,1-6H3;/q-1;;/b;12-11-;.